The van der Waals surface area contributed by atoms with Crippen LogP contribution in [0.15, 0.2) is 92.3 Å². The second kappa shape index (κ2) is 13.1. The van der Waals surface area contributed by atoms with Crippen molar-refractivity contribution in [2.45, 2.75) is 53.4 Å². The third kappa shape index (κ3) is 6.68. The van der Waals surface area contributed by atoms with Gasteiger partial charge in [-0.3, -0.25) is 9.36 Å². The zero-order chi connectivity index (χ0) is 30.7. The number of benzene rings is 3. The van der Waals surface area contributed by atoms with Gasteiger partial charge in [0.25, 0.3) is 5.56 Å². The van der Waals surface area contributed by atoms with E-state index in [2.05, 4.69) is 40.0 Å². The number of esters is 1. The number of aromatic nitrogens is 1. The summed E-state index contributed by atoms with van der Waals surface area (Å²) in [5.74, 6) is 0.793. The Hall–Kier alpha value is -3.95. The number of allylic oxidation sites excluding steroid dienone is 1. The number of carbonyl (C=O) groups is 1. The lowest BCUT2D eigenvalue weighted by Crippen LogP contribution is -2.40. The van der Waals surface area contributed by atoms with E-state index in [-0.39, 0.29) is 18.3 Å². The number of hydrogen-bond donors (Lipinski definition) is 0. The Labute approximate surface area is 262 Å². The summed E-state index contributed by atoms with van der Waals surface area (Å²) < 4.78 is 20.4. The van der Waals surface area contributed by atoms with Crippen LogP contribution < -0.4 is 24.4 Å². The number of thiazole rings is 1. The molecule has 4 aromatic rings. The Morgan fingerprint density at radius 1 is 1.07 bits per heavy atom. The SMILES string of the molecule is CCOC(=O)C1=C(C)N=c2s/c(=C/c3ccc(OCc4ccc(C)cc4)c(Br)c3)c(=O)n2[C@H]1c1ccccc1OC(C)C. The van der Waals surface area contributed by atoms with E-state index in [9.17, 15) is 9.59 Å². The molecule has 0 saturated heterocycles. The van der Waals surface area contributed by atoms with E-state index in [1.54, 1.807) is 18.4 Å². The fraction of sp³-hybridized carbons (Fsp3) is 0.265. The van der Waals surface area contributed by atoms with Crippen LogP contribution in [0.5, 0.6) is 11.5 Å². The molecule has 0 amide bonds. The molecular formula is C34H33BrN2O5S. The fourth-order valence-electron chi connectivity index (χ4n) is 4.87. The quantitative estimate of drug-likeness (QED) is 0.199. The minimum absolute atomic E-state index is 0.101. The van der Waals surface area contributed by atoms with Crippen molar-refractivity contribution in [3.05, 3.63) is 124 Å². The van der Waals surface area contributed by atoms with Gasteiger partial charge in [0.05, 0.1) is 33.0 Å². The van der Waals surface area contributed by atoms with Gasteiger partial charge in [-0.2, -0.15) is 0 Å². The molecule has 5 rings (SSSR count). The van der Waals surface area contributed by atoms with E-state index in [1.165, 1.54) is 16.9 Å². The second-order valence-electron chi connectivity index (χ2n) is 10.5. The third-order valence-corrected chi connectivity index (χ3v) is 8.46. The molecule has 0 N–H and O–H groups in total. The summed E-state index contributed by atoms with van der Waals surface area (Å²) in [6.45, 7) is 10.1. The first-order chi connectivity index (χ1) is 20.7. The summed E-state index contributed by atoms with van der Waals surface area (Å²) in [7, 11) is 0. The normalized spacial score (nSPS) is 14.9. The summed E-state index contributed by atoms with van der Waals surface area (Å²) in [6.07, 6.45) is 1.73. The summed E-state index contributed by atoms with van der Waals surface area (Å²) in [5.41, 5.74) is 4.37. The molecule has 0 aliphatic carbocycles. The van der Waals surface area contributed by atoms with Gasteiger partial charge in [-0.05, 0) is 86.0 Å². The predicted molar refractivity (Wildman–Crippen MR) is 172 cm³/mol. The van der Waals surface area contributed by atoms with Crippen LogP contribution in [0.25, 0.3) is 6.08 Å². The number of halogens is 1. The van der Waals surface area contributed by atoms with Gasteiger partial charge in [-0.15, -0.1) is 0 Å². The van der Waals surface area contributed by atoms with Gasteiger partial charge in [-0.25, -0.2) is 9.79 Å². The maximum absolute atomic E-state index is 14.0. The Kier molecular flexibility index (Phi) is 9.32. The first-order valence-electron chi connectivity index (χ1n) is 14.1. The molecule has 0 spiro atoms. The molecule has 43 heavy (non-hydrogen) atoms. The van der Waals surface area contributed by atoms with Crippen molar-refractivity contribution in [2.75, 3.05) is 6.61 Å². The zero-order valence-corrected chi connectivity index (χ0v) is 27.1. The first-order valence-corrected chi connectivity index (χ1v) is 15.7. The molecule has 2 heterocycles. The predicted octanol–water partition coefficient (Wildman–Crippen LogP) is 6.24. The molecule has 0 unspecified atom stereocenters. The highest BCUT2D eigenvalue weighted by atomic mass is 79.9. The number of hydrogen-bond acceptors (Lipinski definition) is 7. The maximum Gasteiger partial charge on any atom is 0.338 e. The van der Waals surface area contributed by atoms with E-state index in [1.807, 2.05) is 74.5 Å². The van der Waals surface area contributed by atoms with Gasteiger partial charge < -0.3 is 14.2 Å². The van der Waals surface area contributed by atoms with E-state index < -0.39 is 12.0 Å². The Morgan fingerprint density at radius 2 is 1.81 bits per heavy atom. The number of ether oxygens (including phenoxy) is 3. The molecule has 0 saturated carbocycles. The zero-order valence-electron chi connectivity index (χ0n) is 24.7. The fourth-order valence-corrected chi connectivity index (χ4v) is 6.43. The molecule has 0 bridgehead atoms. The standard InChI is InChI=1S/C34H33BrN2O5S/c1-6-40-33(39)30-22(5)36-34-37(31(30)25-9-7-8-10-27(25)42-20(2)3)32(38)29(43-34)18-24-15-16-28(26(35)17-24)41-19-23-13-11-21(4)12-14-23/h7-18,20,31H,6,19H2,1-5H3/b29-18+/t31-/m0/s1. The lowest BCUT2D eigenvalue weighted by atomic mass is 9.95. The molecule has 1 aromatic heterocycles. The number of nitrogens with zero attached hydrogens (tertiary/aromatic N) is 2. The van der Waals surface area contributed by atoms with Gasteiger partial charge in [0.2, 0.25) is 0 Å². The van der Waals surface area contributed by atoms with Crippen LogP contribution in [0.1, 0.15) is 56.0 Å². The number of rotatable bonds is 9. The van der Waals surface area contributed by atoms with Gasteiger partial charge >= 0.3 is 5.97 Å². The molecule has 1 aliphatic heterocycles. The highest BCUT2D eigenvalue weighted by molar-refractivity contribution is 9.10. The Morgan fingerprint density at radius 3 is 2.51 bits per heavy atom. The van der Waals surface area contributed by atoms with Crippen molar-refractivity contribution in [3.63, 3.8) is 0 Å². The van der Waals surface area contributed by atoms with Crippen LogP contribution in [0, 0.1) is 6.92 Å². The minimum atomic E-state index is -0.753. The van der Waals surface area contributed by atoms with Crippen LogP contribution in [-0.4, -0.2) is 23.2 Å². The van der Waals surface area contributed by atoms with Crippen molar-refractivity contribution >= 4 is 39.3 Å². The monoisotopic (exact) mass is 660 g/mol. The Balaban J connectivity index is 1.55. The van der Waals surface area contributed by atoms with Gasteiger partial charge in [0.15, 0.2) is 4.80 Å². The van der Waals surface area contributed by atoms with Crippen LogP contribution >= 0.6 is 27.3 Å². The molecular weight excluding hydrogens is 628 g/mol. The van der Waals surface area contributed by atoms with Crippen LogP contribution in [0.2, 0.25) is 0 Å². The Bertz CT molecular complexity index is 1870. The minimum Gasteiger partial charge on any atom is -0.491 e. The van der Waals surface area contributed by atoms with E-state index in [4.69, 9.17) is 14.2 Å². The van der Waals surface area contributed by atoms with Crippen LogP contribution in [0.3, 0.4) is 0 Å². The largest absolute Gasteiger partial charge is 0.491 e. The van der Waals surface area contributed by atoms with Crippen molar-refractivity contribution < 1.29 is 19.0 Å². The van der Waals surface area contributed by atoms with Gasteiger partial charge in [0, 0.05) is 5.56 Å². The maximum atomic E-state index is 14.0. The van der Waals surface area contributed by atoms with Crippen molar-refractivity contribution in [1.82, 2.24) is 4.57 Å². The molecule has 9 heteroatoms. The van der Waals surface area contributed by atoms with Crippen molar-refractivity contribution in [2.24, 2.45) is 4.99 Å². The van der Waals surface area contributed by atoms with E-state index in [0.29, 0.717) is 44.3 Å². The number of aryl methyl sites for hydroxylation is 1. The van der Waals surface area contributed by atoms with Gasteiger partial charge in [0.1, 0.15) is 24.1 Å². The summed E-state index contributed by atoms with van der Waals surface area (Å²) >= 11 is 4.90. The average molecular weight is 662 g/mol. The summed E-state index contributed by atoms with van der Waals surface area (Å²) in [4.78, 5) is 32.5. The highest BCUT2D eigenvalue weighted by Crippen LogP contribution is 2.36. The molecule has 222 valence electrons. The summed E-state index contributed by atoms with van der Waals surface area (Å²) in [5, 5.41) is 0. The lowest BCUT2D eigenvalue weighted by molar-refractivity contribution is -0.139. The first kappa shape index (κ1) is 30.5. The van der Waals surface area contributed by atoms with Crippen molar-refractivity contribution in [1.29, 1.82) is 0 Å². The van der Waals surface area contributed by atoms with E-state index in [0.717, 1.165) is 15.6 Å². The third-order valence-electron chi connectivity index (χ3n) is 6.86. The van der Waals surface area contributed by atoms with Crippen molar-refractivity contribution in [3.8, 4) is 11.5 Å². The number of fused-ring (bicyclic) bond motifs is 1. The average Bonchev–Trinajstić information content (AvgIpc) is 3.26. The van der Waals surface area contributed by atoms with Crippen LogP contribution in [-0.2, 0) is 16.1 Å². The van der Waals surface area contributed by atoms with Crippen LogP contribution in [0.4, 0.5) is 0 Å². The van der Waals surface area contributed by atoms with Gasteiger partial charge in [-0.1, -0.05) is 65.4 Å². The molecule has 1 aliphatic rings. The smallest absolute Gasteiger partial charge is 0.338 e. The molecule has 3 aromatic carbocycles. The summed E-state index contributed by atoms with van der Waals surface area (Å²) in [6, 6.07) is 20.6. The molecule has 0 fully saturated rings. The topological polar surface area (TPSA) is 79.1 Å². The lowest BCUT2D eigenvalue weighted by Gasteiger charge is -2.26. The molecule has 1 atom stereocenters. The molecule has 7 nitrogen and oxygen atoms in total. The number of para-hydroxylation sites is 1. The van der Waals surface area contributed by atoms with E-state index >= 15 is 0 Å². The molecule has 0 radical (unpaired) electrons. The number of carbonyl (C=O) groups excluding carboxylic acids is 1. The highest BCUT2D eigenvalue weighted by Gasteiger charge is 2.35. The second-order valence-corrected chi connectivity index (χ2v) is 12.3.